The Labute approximate surface area is 200 Å². The van der Waals surface area contributed by atoms with Crippen molar-refractivity contribution in [3.05, 3.63) is 72.1 Å². The fraction of sp³-hybridized carbons (Fsp3) is 0.167. The lowest BCUT2D eigenvalue weighted by molar-refractivity contribution is 0.101. The van der Waals surface area contributed by atoms with E-state index in [4.69, 9.17) is 4.98 Å². The van der Waals surface area contributed by atoms with Crippen molar-refractivity contribution in [1.82, 2.24) is 34.3 Å². The number of aromatic nitrogens is 7. The lowest BCUT2D eigenvalue weighted by Crippen LogP contribution is -2.20. The molecule has 4 heterocycles. The number of fused-ring (bicyclic) bond motifs is 1. The Hall–Kier alpha value is -4.80. The van der Waals surface area contributed by atoms with Gasteiger partial charge >= 0.3 is 0 Å². The largest absolute Gasteiger partial charge is 0.319 e. The molecule has 0 bridgehead atoms. The van der Waals surface area contributed by atoms with Crippen LogP contribution in [0.5, 0.6) is 0 Å². The van der Waals surface area contributed by atoms with Gasteiger partial charge in [-0.3, -0.25) is 23.6 Å². The molecule has 0 atom stereocenters. The molecule has 0 saturated heterocycles. The Balaban J connectivity index is 1.49. The number of hydrogen-bond donors (Lipinski definition) is 2. The Morgan fingerprint density at radius 3 is 2.29 bits per heavy atom. The number of aryl methyl sites for hydroxylation is 3. The van der Waals surface area contributed by atoms with Gasteiger partial charge in [-0.2, -0.15) is 15.3 Å². The first kappa shape index (κ1) is 22.0. The molecule has 35 heavy (non-hydrogen) atoms. The zero-order valence-corrected chi connectivity index (χ0v) is 19.6. The first-order valence-electron chi connectivity index (χ1n) is 10.8. The molecule has 0 aliphatic carbocycles. The van der Waals surface area contributed by atoms with Crippen LogP contribution in [0.3, 0.4) is 0 Å². The molecule has 0 fully saturated rings. The first-order valence-corrected chi connectivity index (χ1v) is 10.8. The van der Waals surface area contributed by atoms with Crippen LogP contribution in [0.15, 0.2) is 55.1 Å². The lowest BCUT2D eigenvalue weighted by atomic mass is 10.0. The molecule has 1 aromatic carbocycles. The standard InChI is InChI=1S/C24H23N9O2/c1-14-20(11-26-32(14)3)29-24(35)22-21(12-27-33(22)4)30-23(34)17-9-19(15-10-25-31(2)13-15)28-18-8-6-5-7-16(17)18/h5-13H,1-4H3,(H,29,35)(H,30,34). The number of pyridine rings is 1. The van der Waals surface area contributed by atoms with Crippen molar-refractivity contribution in [1.29, 1.82) is 0 Å². The van der Waals surface area contributed by atoms with Gasteiger partial charge in [-0.1, -0.05) is 18.2 Å². The van der Waals surface area contributed by atoms with Gasteiger partial charge in [0, 0.05) is 38.3 Å². The SMILES string of the molecule is Cc1c(NC(=O)c2c(NC(=O)c3cc(-c4cnn(C)c4)nc4ccccc34)cnn2C)cnn1C. The van der Waals surface area contributed by atoms with E-state index in [0.29, 0.717) is 33.5 Å². The number of benzene rings is 1. The third kappa shape index (κ3) is 4.03. The first-order chi connectivity index (χ1) is 16.8. The molecule has 11 heteroatoms. The van der Waals surface area contributed by atoms with Crippen LogP contribution >= 0.6 is 0 Å². The number of hydrogen-bond acceptors (Lipinski definition) is 6. The molecular weight excluding hydrogens is 446 g/mol. The van der Waals surface area contributed by atoms with E-state index in [0.717, 1.165) is 11.3 Å². The van der Waals surface area contributed by atoms with Crippen LogP contribution in [0.4, 0.5) is 11.4 Å². The number of nitrogens with zero attached hydrogens (tertiary/aromatic N) is 7. The molecule has 0 saturated carbocycles. The fourth-order valence-corrected chi connectivity index (χ4v) is 3.86. The summed E-state index contributed by atoms with van der Waals surface area (Å²) in [6.07, 6.45) is 6.56. The highest BCUT2D eigenvalue weighted by atomic mass is 16.2. The second-order valence-electron chi connectivity index (χ2n) is 8.18. The summed E-state index contributed by atoms with van der Waals surface area (Å²) < 4.78 is 4.76. The summed E-state index contributed by atoms with van der Waals surface area (Å²) in [7, 11) is 5.25. The van der Waals surface area contributed by atoms with E-state index in [1.165, 1.54) is 10.9 Å². The fourth-order valence-electron chi connectivity index (χ4n) is 3.86. The van der Waals surface area contributed by atoms with Crippen molar-refractivity contribution in [3.8, 4) is 11.3 Å². The zero-order chi connectivity index (χ0) is 24.7. The molecule has 0 aliphatic heterocycles. The minimum atomic E-state index is -0.410. The number of amides is 2. The minimum Gasteiger partial charge on any atom is -0.319 e. The van der Waals surface area contributed by atoms with Crippen molar-refractivity contribution in [2.75, 3.05) is 10.6 Å². The second kappa shape index (κ2) is 8.52. The molecule has 0 spiro atoms. The molecule has 5 aromatic rings. The van der Waals surface area contributed by atoms with E-state index < -0.39 is 5.91 Å². The maximum absolute atomic E-state index is 13.5. The molecule has 176 valence electrons. The van der Waals surface area contributed by atoms with Crippen molar-refractivity contribution in [3.63, 3.8) is 0 Å². The molecule has 2 amide bonds. The van der Waals surface area contributed by atoms with Crippen LogP contribution in [0.2, 0.25) is 0 Å². The third-order valence-electron chi connectivity index (χ3n) is 5.85. The van der Waals surface area contributed by atoms with Gasteiger partial charge in [-0.25, -0.2) is 4.98 Å². The van der Waals surface area contributed by atoms with Crippen molar-refractivity contribution in [2.24, 2.45) is 21.1 Å². The highest BCUT2D eigenvalue weighted by Crippen LogP contribution is 2.26. The smallest absolute Gasteiger partial charge is 0.276 e. The van der Waals surface area contributed by atoms with Gasteiger partial charge in [0.15, 0.2) is 0 Å². The third-order valence-corrected chi connectivity index (χ3v) is 5.85. The average molecular weight is 470 g/mol. The molecule has 4 aromatic heterocycles. The van der Waals surface area contributed by atoms with Gasteiger partial charge in [0.05, 0.1) is 52.4 Å². The van der Waals surface area contributed by atoms with E-state index in [9.17, 15) is 9.59 Å². The minimum absolute atomic E-state index is 0.215. The summed E-state index contributed by atoms with van der Waals surface area (Å²) in [4.78, 5) is 31.2. The van der Waals surface area contributed by atoms with Crippen molar-refractivity contribution in [2.45, 2.75) is 6.92 Å². The van der Waals surface area contributed by atoms with Crippen LogP contribution in [0.1, 0.15) is 26.5 Å². The molecule has 0 aliphatic rings. The maximum atomic E-state index is 13.5. The van der Waals surface area contributed by atoms with Crippen LogP contribution < -0.4 is 10.6 Å². The Kier molecular flexibility index (Phi) is 5.36. The van der Waals surface area contributed by atoms with Gasteiger partial charge in [0.1, 0.15) is 5.69 Å². The summed E-state index contributed by atoms with van der Waals surface area (Å²) in [6, 6.07) is 9.14. The van der Waals surface area contributed by atoms with Gasteiger partial charge < -0.3 is 10.6 Å². The number of para-hydroxylation sites is 1. The second-order valence-corrected chi connectivity index (χ2v) is 8.18. The lowest BCUT2D eigenvalue weighted by Gasteiger charge is -2.11. The maximum Gasteiger partial charge on any atom is 0.276 e. The van der Waals surface area contributed by atoms with Gasteiger partial charge in [0.2, 0.25) is 0 Å². The number of carbonyl (C=O) groups is 2. The highest BCUT2D eigenvalue weighted by Gasteiger charge is 2.22. The van der Waals surface area contributed by atoms with E-state index in [-0.39, 0.29) is 11.6 Å². The topological polar surface area (TPSA) is 125 Å². The molecule has 11 nitrogen and oxygen atoms in total. The summed E-state index contributed by atoms with van der Waals surface area (Å²) in [5, 5.41) is 18.9. The predicted octanol–water partition coefficient (Wildman–Crippen LogP) is 2.92. The average Bonchev–Trinajstić information content (AvgIpc) is 3.53. The molecule has 0 radical (unpaired) electrons. The summed E-state index contributed by atoms with van der Waals surface area (Å²) >= 11 is 0. The van der Waals surface area contributed by atoms with E-state index in [1.54, 1.807) is 41.9 Å². The Bertz CT molecular complexity index is 1590. The molecular formula is C24H23N9O2. The van der Waals surface area contributed by atoms with Gasteiger partial charge in [-0.15, -0.1) is 0 Å². The van der Waals surface area contributed by atoms with Crippen LogP contribution in [-0.4, -0.2) is 46.1 Å². The number of carbonyl (C=O) groups excluding carboxylic acids is 2. The number of anilines is 2. The predicted molar refractivity (Wildman–Crippen MR) is 131 cm³/mol. The van der Waals surface area contributed by atoms with Crippen LogP contribution in [-0.2, 0) is 21.1 Å². The van der Waals surface area contributed by atoms with Gasteiger partial charge in [0.25, 0.3) is 11.8 Å². The molecule has 2 N–H and O–H groups in total. The van der Waals surface area contributed by atoms with E-state index in [2.05, 4.69) is 25.9 Å². The van der Waals surface area contributed by atoms with E-state index >= 15 is 0 Å². The van der Waals surface area contributed by atoms with Crippen LogP contribution in [0.25, 0.3) is 22.2 Å². The molecule has 5 rings (SSSR count). The normalized spacial score (nSPS) is 11.1. The zero-order valence-electron chi connectivity index (χ0n) is 19.6. The van der Waals surface area contributed by atoms with Crippen molar-refractivity contribution < 1.29 is 9.59 Å². The summed E-state index contributed by atoms with van der Waals surface area (Å²) in [5.74, 6) is -0.791. The number of nitrogens with one attached hydrogen (secondary N) is 2. The Morgan fingerprint density at radius 2 is 1.57 bits per heavy atom. The van der Waals surface area contributed by atoms with E-state index in [1.807, 2.05) is 44.4 Å². The summed E-state index contributed by atoms with van der Waals surface area (Å²) in [6.45, 7) is 1.85. The quantitative estimate of drug-likeness (QED) is 0.408. The van der Waals surface area contributed by atoms with Gasteiger partial charge in [-0.05, 0) is 19.1 Å². The van der Waals surface area contributed by atoms with Crippen molar-refractivity contribution >= 4 is 34.1 Å². The monoisotopic (exact) mass is 469 g/mol. The molecule has 0 unspecified atom stereocenters. The number of rotatable bonds is 5. The van der Waals surface area contributed by atoms with Crippen LogP contribution in [0, 0.1) is 6.92 Å². The summed E-state index contributed by atoms with van der Waals surface area (Å²) in [5.41, 5.74) is 4.41. The Morgan fingerprint density at radius 1 is 0.857 bits per heavy atom. The highest BCUT2D eigenvalue weighted by molar-refractivity contribution is 6.16.